The van der Waals surface area contributed by atoms with Crippen LogP contribution in [0.1, 0.15) is 56.3 Å². The van der Waals surface area contributed by atoms with E-state index in [1.165, 1.54) is 0 Å². The number of hydrogen-bond acceptors (Lipinski definition) is 8. The molecule has 8 nitrogen and oxygen atoms in total. The summed E-state index contributed by atoms with van der Waals surface area (Å²) < 4.78 is 24.9. The minimum Gasteiger partial charge on any atom is -0.457 e. The van der Waals surface area contributed by atoms with Crippen molar-refractivity contribution in [3.8, 4) is 23.0 Å². The highest BCUT2D eigenvalue weighted by Gasteiger charge is 2.37. The van der Waals surface area contributed by atoms with Crippen LogP contribution in [0, 0.1) is 0 Å². The molecule has 4 heterocycles. The summed E-state index contributed by atoms with van der Waals surface area (Å²) in [5, 5.41) is 21.0. The van der Waals surface area contributed by atoms with E-state index >= 15 is 0 Å². The molecule has 0 aromatic heterocycles. The van der Waals surface area contributed by atoms with Gasteiger partial charge >= 0.3 is 0 Å². The van der Waals surface area contributed by atoms with E-state index in [1.807, 2.05) is 42.5 Å². The van der Waals surface area contributed by atoms with Gasteiger partial charge in [0.05, 0.1) is 39.6 Å². The lowest BCUT2D eigenvalue weighted by atomic mass is 9.76. The maximum absolute atomic E-state index is 10.5. The van der Waals surface area contributed by atoms with E-state index in [0.717, 1.165) is 105 Å². The molecule has 0 spiro atoms. The van der Waals surface area contributed by atoms with E-state index in [9.17, 15) is 10.2 Å². The molecule has 0 amide bonds. The first-order valence-electron chi connectivity index (χ1n) is 17.5. The molecule has 5 aromatic carbocycles. The molecule has 2 fully saturated rings. The summed E-state index contributed by atoms with van der Waals surface area (Å²) in [6.45, 7) is 5.99. The molecule has 0 saturated carbocycles. The number of rotatable bonds is 6. The lowest BCUT2D eigenvalue weighted by molar-refractivity contribution is 0.122. The van der Waals surface area contributed by atoms with Crippen LogP contribution in [0.3, 0.4) is 0 Å². The molecule has 0 aliphatic carbocycles. The third kappa shape index (κ3) is 5.40. The summed E-state index contributed by atoms with van der Waals surface area (Å²) in [6, 6.07) is 33.5. The zero-order chi connectivity index (χ0) is 33.6. The molecule has 4 aliphatic heterocycles. The maximum Gasteiger partial charge on any atom is 0.135 e. The van der Waals surface area contributed by atoms with Crippen LogP contribution in [0.2, 0.25) is 0 Å². The highest BCUT2D eigenvalue weighted by molar-refractivity contribution is 5.70. The first kappa shape index (κ1) is 31.1. The minimum absolute atomic E-state index is 0.0660. The van der Waals surface area contributed by atoms with Gasteiger partial charge in [0.15, 0.2) is 0 Å². The summed E-state index contributed by atoms with van der Waals surface area (Å²) >= 11 is 0. The smallest absolute Gasteiger partial charge is 0.135 e. The van der Waals surface area contributed by atoms with Gasteiger partial charge < -0.3 is 39.0 Å². The van der Waals surface area contributed by atoms with Gasteiger partial charge in [-0.2, -0.15) is 0 Å². The van der Waals surface area contributed by atoms with E-state index in [1.54, 1.807) is 0 Å². The molecule has 8 heteroatoms. The second-order valence-electron chi connectivity index (χ2n) is 13.4. The Hall–Kier alpha value is -4.86. The lowest BCUT2D eigenvalue weighted by Crippen LogP contribution is -2.36. The molecule has 2 saturated heterocycles. The van der Waals surface area contributed by atoms with Crippen molar-refractivity contribution in [3.05, 3.63) is 142 Å². The fourth-order valence-corrected chi connectivity index (χ4v) is 8.12. The van der Waals surface area contributed by atoms with Crippen molar-refractivity contribution in [3.63, 3.8) is 0 Å². The Balaban J connectivity index is 1.22. The zero-order valence-corrected chi connectivity index (χ0v) is 27.9. The second-order valence-corrected chi connectivity index (χ2v) is 13.4. The molecule has 2 N–H and O–H groups in total. The monoisotopic (exact) mass is 668 g/mol. The summed E-state index contributed by atoms with van der Waals surface area (Å²) in [5.41, 5.74) is 10.2. The zero-order valence-electron chi connectivity index (χ0n) is 27.9. The van der Waals surface area contributed by atoms with E-state index in [4.69, 9.17) is 18.9 Å². The predicted molar refractivity (Wildman–Crippen MR) is 192 cm³/mol. The van der Waals surface area contributed by atoms with Crippen molar-refractivity contribution in [2.45, 2.75) is 25.0 Å². The van der Waals surface area contributed by atoms with E-state index < -0.39 is 0 Å². The van der Waals surface area contributed by atoms with Crippen LogP contribution in [0.5, 0.6) is 23.0 Å². The van der Waals surface area contributed by atoms with E-state index in [-0.39, 0.29) is 25.0 Å². The average molecular weight is 669 g/mol. The van der Waals surface area contributed by atoms with Crippen LogP contribution in [0.15, 0.2) is 97.1 Å². The van der Waals surface area contributed by atoms with E-state index in [0.29, 0.717) is 26.4 Å². The van der Waals surface area contributed by atoms with Gasteiger partial charge in [-0.05, 0) is 40.5 Å². The third-order valence-corrected chi connectivity index (χ3v) is 10.6. The Labute approximate surface area is 292 Å². The Morgan fingerprint density at radius 2 is 0.880 bits per heavy atom. The van der Waals surface area contributed by atoms with Crippen molar-refractivity contribution in [2.24, 2.45) is 0 Å². The number of aliphatic hydroxyl groups excluding tert-OH is 2. The topological polar surface area (TPSA) is 83.9 Å². The van der Waals surface area contributed by atoms with Crippen LogP contribution in [0.25, 0.3) is 0 Å². The number of nitrogens with zero attached hydrogens (tertiary/aromatic N) is 2. The highest BCUT2D eigenvalue weighted by Crippen LogP contribution is 2.56. The van der Waals surface area contributed by atoms with Crippen LogP contribution in [0.4, 0.5) is 11.4 Å². The second kappa shape index (κ2) is 13.1. The van der Waals surface area contributed by atoms with Crippen molar-refractivity contribution in [2.75, 3.05) is 62.4 Å². The van der Waals surface area contributed by atoms with Gasteiger partial charge in [-0.25, -0.2) is 0 Å². The SMILES string of the molecule is OCc1ccccc1C1c2ccc(N3CCOCC3)cc2Oc2cc3c(cc21)C(c1ccccc1CO)c1ccc(N2CCOCC2)cc1O3. The number of morpholine rings is 2. The number of benzene rings is 5. The van der Waals surface area contributed by atoms with Crippen LogP contribution in [-0.4, -0.2) is 62.8 Å². The fourth-order valence-electron chi connectivity index (χ4n) is 8.12. The van der Waals surface area contributed by atoms with Gasteiger partial charge in [0, 0.05) is 89.8 Å². The van der Waals surface area contributed by atoms with Gasteiger partial charge in [0.1, 0.15) is 23.0 Å². The molecule has 0 bridgehead atoms. The molecule has 5 aromatic rings. The molecule has 50 heavy (non-hydrogen) atoms. The van der Waals surface area contributed by atoms with Crippen LogP contribution in [-0.2, 0) is 22.7 Å². The Bertz CT molecular complexity index is 1910. The van der Waals surface area contributed by atoms with Gasteiger partial charge in [0.2, 0.25) is 0 Å². The Kier molecular flexibility index (Phi) is 8.17. The normalized spacial score (nSPS) is 19.4. The molecular formula is C42H40N2O6. The first-order valence-corrected chi connectivity index (χ1v) is 17.5. The minimum atomic E-state index is -0.181. The largest absolute Gasteiger partial charge is 0.457 e. The first-order chi connectivity index (χ1) is 24.7. The predicted octanol–water partition coefficient (Wildman–Crippen LogP) is 6.92. The van der Waals surface area contributed by atoms with Crippen LogP contribution >= 0.6 is 0 Å². The summed E-state index contributed by atoms with van der Waals surface area (Å²) in [5.74, 6) is 2.70. The van der Waals surface area contributed by atoms with Crippen molar-refractivity contribution < 1.29 is 29.2 Å². The van der Waals surface area contributed by atoms with Gasteiger partial charge in [-0.15, -0.1) is 0 Å². The summed E-state index contributed by atoms with van der Waals surface area (Å²) in [4.78, 5) is 4.67. The number of ether oxygens (including phenoxy) is 4. The maximum atomic E-state index is 10.5. The van der Waals surface area contributed by atoms with Crippen molar-refractivity contribution in [1.29, 1.82) is 0 Å². The third-order valence-electron chi connectivity index (χ3n) is 10.6. The molecule has 9 rings (SSSR count). The Morgan fingerprint density at radius 3 is 1.32 bits per heavy atom. The number of aliphatic hydroxyl groups is 2. The van der Waals surface area contributed by atoms with E-state index in [2.05, 4.69) is 64.4 Å². The van der Waals surface area contributed by atoms with Gasteiger partial charge in [-0.3, -0.25) is 0 Å². The summed E-state index contributed by atoms with van der Waals surface area (Å²) in [7, 11) is 0. The molecular weight excluding hydrogens is 628 g/mol. The van der Waals surface area contributed by atoms with Gasteiger partial charge in [-0.1, -0.05) is 60.7 Å². The Morgan fingerprint density at radius 1 is 0.460 bits per heavy atom. The molecule has 0 radical (unpaired) electrons. The van der Waals surface area contributed by atoms with Gasteiger partial charge in [0.25, 0.3) is 0 Å². The standard InChI is InChI=1S/C42H40N2O6/c45-25-27-5-1-3-7-31(27)41-33-11-9-29(43-13-17-47-18-14-43)21-37(33)49-39-24-40-36(23-35(39)41)42(32-8-4-2-6-28(32)26-46)34-12-10-30(22-38(34)50-40)44-15-19-48-20-16-44/h1-12,21-24,41-42,45-46H,13-20,25-26H2. The molecule has 2 unspecified atom stereocenters. The summed E-state index contributed by atoms with van der Waals surface area (Å²) in [6.07, 6.45) is 0. The quantitative estimate of drug-likeness (QED) is 0.198. The molecule has 254 valence electrons. The lowest BCUT2D eigenvalue weighted by Gasteiger charge is -2.36. The number of anilines is 2. The van der Waals surface area contributed by atoms with Crippen molar-refractivity contribution in [1.82, 2.24) is 0 Å². The number of fused-ring (bicyclic) bond motifs is 4. The fraction of sp³-hybridized carbons (Fsp3) is 0.286. The molecule has 2 atom stereocenters. The number of hydrogen-bond donors (Lipinski definition) is 2. The average Bonchev–Trinajstić information content (AvgIpc) is 3.18. The molecule has 4 aliphatic rings. The van der Waals surface area contributed by atoms with Crippen molar-refractivity contribution >= 4 is 11.4 Å². The highest BCUT2D eigenvalue weighted by atomic mass is 16.5. The van der Waals surface area contributed by atoms with Crippen LogP contribution < -0.4 is 19.3 Å².